The molecule has 2 saturated heterocycles. The Morgan fingerprint density at radius 2 is 1.92 bits per heavy atom. The molecule has 2 aliphatic heterocycles. The van der Waals surface area contributed by atoms with E-state index in [0.717, 1.165) is 31.9 Å². The van der Waals surface area contributed by atoms with Gasteiger partial charge in [0.1, 0.15) is 6.23 Å². The molecule has 3 rings (SSSR count). The van der Waals surface area contributed by atoms with Crippen LogP contribution < -0.4 is 0 Å². The van der Waals surface area contributed by atoms with E-state index < -0.39 is 28.6 Å². The zero-order valence-electron chi connectivity index (χ0n) is 24.4. The van der Waals surface area contributed by atoms with E-state index in [1.807, 2.05) is 33.8 Å². The van der Waals surface area contributed by atoms with Gasteiger partial charge in [0.25, 0.3) is 0 Å². The van der Waals surface area contributed by atoms with Crippen LogP contribution >= 0.6 is 0 Å². The monoisotopic (exact) mass is 533 g/mol. The van der Waals surface area contributed by atoms with Crippen molar-refractivity contribution in [2.24, 2.45) is 5.41 Å². The highest BCUT2D eigenvalue weighted by Crippen LogP contribution is 2.49. The lowest BCUT2D eigenvalue weighted by atomic mass is 9.69. The minimum Gasteiger partial charge on any atom is -0.400 e. The number of rotatable bonds is 7. The molecule has 4 atom stereocenters. The van der Waals surface area contributed by atoms with Crippen LogP contribution in [0, 0.1) is 17.3 Å². The Morgan fingerprint density at radius 1 is 1.29 bits per heavy atom. The van der Waals surface area contributed by atoms with E-state index in [1.165, 1.54) is 6.92 Å². The third kappa shape index (κ3) is 6.90. The van der Waals surface area contributed by atoms with Gasteiger partial charge in [-0.3, -0.25) is 19.7 Å². The average molecular weight is 534 g/mol. The van der Waals surface area contributed by atoms with Crippen LogP contribution in [0.1, 0.15) is 80.6 Å². The van der Waals surface area contributed by atoms with Crippen LogP contribution in [0.15, 0.2) is 37.0 Å². The number of piperidine rings is 1. The van der Waals surface area contributed by atoms with Crippen molar-refractivity contribution in [2.45, 2.75) is 110 Å². The first kappa shape index (κ1) is 33.9. The Kier molecular flexibility index (Phi) is 12.3. The summed E-state index contributed by atoms with van der Waals surface area (Å²) in [6, 6.07) is -0.00234. The summed E-state index contributed by atoms with van der Waals surface area (Å²) < 4.78 is 12.1. The number of aliphatic hydroxyl groups excluding tert-OH is 1. The van der Waals surface area contributed by atoms with Gasteiger partial charge < -0.3 is 14.6 Å². The fourth-order valence-electron chi connectivity index (χ4n) is 5.71. The first-order valence-electron chi connectivity index (χ1n) is 13.1. The fourth-order valence-corrected chi connectivity index (χ4v) is 5.71. The number of aliphatic hydroxyl groups is 1. The number of carbonyl (C=O) groups is 2. The van der Waals surface area contributed by atoms with Crippen molar-refractivity contribution in [1.82, 2.24) is 4.90 Å². The summed E-state index contributed by atoms with van der Waals surface area (Å²) in [4.78, 5) is 32.3. The average Bonchev–Trinajstić information content (AvgIpc) is 3.23. The molecule has 0 amide bonds. The summed E-state index contributed by atoms with van der Waals surface area (Å²) in [6.45, 7) is 19.2. The Morgan fingerprint density at radius 3 is 2.42 bits per heavy atom. The molecule has 0 saturated carbocycles. The molecule has 0 aromatic carbocycles. The fraction of sp³-hybridized carbons (Fsp3) is 0.667. The maximum atomic E-state index is 12.9. The molecule has 0 aromatic heterocycles. The van der Waals surface area contributed by atoms with Gasteiger partial charge in [0.05, 0.1) is 12.1 Å². The number of carbonyl (C=O) groups excluding carboxylic acids is 2. The van der Waals surface area contributed by atoms with Crippen LogP contribution in [0.2, 0.25) is 0 Å². The molecule has 0 unspecified atom stereocenters. The van der Waals surface area contributed by atoms with E-state index >= 15 is 0 Å². The lowest BCUT2D eigenvalue weighted by molar-refractivity contribution is -0.335. The van der Waals surface area contributed by atoms with E-state index in [9.17, 15) is 14.8 Å². The largest absolute Gasteiger partial charge is 0.400 e. The second-order valence-electron chi connectivity index (χ2n) is 10.9. The molecule has 8 heteroatoms. The highest BCUT2D eigenvalue weighted by Gasteiger charge is 2.60. The van der Waals surface area contributed by atoms with Crippen LogP contribution in [0.4, 0.5) is 0 Å². The molecule has 8 nitrogen and oxygen atoms in total. The van der Waals surface area contributed by atoms with Gasteiger partial charge in [-0.2, -0.15) is 0 Å². The van der Waals surface area contributed by atoms with Crippen molar-refractivity contribution in [2.75, 3.05) is 13.7 Å². The number of likely N-dealkylation sites (tertiary alicyclic amines) is 1. The van der Waals surface area contributed by atoms with Crippen molar-refractivity contribution >= 4 is 11.6 Å². The summed E-state index contributed by atoms with van der Waals surface area (Å²) in [6.07, 6.45) is 7.62. The molecular weight excluding hydrogens is 486 g/mol. The van der Waals surface area contributed by atoms with E-state index in [1.54, 1.807) is 26.0 Å². The molecule has 2 N–H and O–H groups in total. The topological polar surface area (TPSA) is 106 Å². The molecule has 0 bridgehead atoms. The number of fused-ring (bicyclic) bond motifs is 1. The third-order valence-corrected chi connectivity index (χ3v) is 7.68. The molecule has 0 spiro atoms. The van der Waals surface area contributed by atoms with Crippen LogP contribution in [-0.4, -0.2) is 69.7 Å². The van der Waals surface area contributed by atoms with Gasteiger partial charge >= 0.3 is 0 Å². The molecule has 3 aliphatic rings. The zero-order valence-corrected chi connectivity index (χ0v) is 24.4. The number of ether oxygens (including phenoxy) is 2. The third-order valence-electron chi connectivity index (χ3n) is 7.68. The van der Waals surface area contributed by atoms with Gasteiger partial charge in [-0.1, -0.05) is 26.8 Å². The number of hydrogen-bond acceptors (Lipinski definition) is 8. The number of ketones is 2. The van der Waals surface area contributed by atoms with E-state index in [2.05, 4.69) is 29.9 Å². The normalized spacial score (nSPS) is 28.8. The maximum absolute atomic E-state index is 12.9. The first-order valence-corrected chi connectivity index (χ1v) is 13.1. The Hall–Kier alpha value is -2.12. The standard InChI is InChI=1S/C27H39NO6.C2H4.CH4O/c1-8-9-10-11-21-13-12-20-16-22(30)14-15-26(20,7)28(21)23(33-31)17-24(3,4)27(19(2)29)18-32-25(5,6)34-27;2*1-2/h14-16,21,23,31H,8,11-13,17-18H2,1-7H3;1-2H2;2H,1H3/t21-,23+,26+,27+;;/m1../s1. The molecule has 2 heterocycles. The van der Waals surface area contributed by atoms with Gasteiger partial charge in [0.15, 0.2) is 23.0 Å². The molecule has 214 valence electrons. The molecule has 38 heavy (non-hydrogen) atoms. The summed E-state index contributed by atoms with van der Waals surface area (Å²) in [5, 5.41) is 17.2. The van der Waals surface area contributed by atoms with Gasteiger partial charge in [0, 0.05) is 31.4 Å². The smallest absolute Gasteiger partial charge is 0.178 e. The van der Waals surface area contributed by atoms with Crippen LogP contribution in [0.3, 0.4) is 0 Å². The Balaban J connectivity index is 0.00000172. The van der Waals surface area contributed by atoms with Crippen molar-refractivity contribution in [3.8, 4) is 11.8 Å². The molecule has 0 aromatic rings. The zero-order chi connectivity index (χ0) is 29.4. The second-order valence-corrected chi connectivity index (χ2v) is 10.9. The lowest BCUT2D eigenvalue weighted by Crippen LogP contribution is -2.63. The minimum absolute atomic E-state index is 0.00234. The summed E-state index contributed by atoms with van der Waals surface area (Å²) in [7, 11) is 1.00. The van der Waals surface area contributed by atoms with Gasteiger partial charge in [0.2, 0.25) is 0 Å². The Labute approximate surface area is 228 Å². The van der Waals surface area contributed by atoms with E-state index in [0.29, 0.717) is 12.8 Å². The van der Waals surface area contributed by atoms with Crippen LogP contribution in [-0.2, 0) is 24.0 Å². The number of allylic oxidation sites excluding steroid dienone is 2. The predicted molar refractivity (Wildman–Crippen MR) is 148 cm³/mol. The van der Waals surface area contributed by atoms with Crippen LogP contribution in [0.5, 0.6) is 0 Å². The second kappa shape index (κ2) is 13.8. The summed E-state index contributed by atoms with van der Waals surface area (Å²) in [5.74, 6) is 5.34. The summed E-state index contributed by atoms with van der Waals surface area (Å²) in [5.41, 5.74) is -1.56. The van der Waals surface area contributed by atoms with Crippen molar-refractivity contribution in [3.63, 3.8) is 0 Å². The van der Waals surface area contributed by atoms with Gasteiger partial charge in [-0.15, -0.1) is 25.0 Å². The highest BCUT2D eigenvalue weighted by atomic mass is 17.1. The maximum Gasteiger partial charge on any atom is 0.178 e. The van der Waals surface area contributed by atoms with Crippen molar-refractivity contribution in [1.29, 1.82) is 0 Å². The van der Waals surface area contributed by atoms with Crippen LogP contribution in [0.25, 0.3) is 0 Å². The quantitative estimate of drug-likeness (QED) is 0.207. The molecule has 1 aliphatic carbocycles. The predicted octanol–water partition coefficient (Wildman–Crippen LogP) is 4.83. The van der Waals surface area contributed by atoms with Gasteiger partial charge in [-0.25, -0.2) is 4.89 Å². The Bertz CT molecular complexity index is 957. The highest BCUT2D eigenvalue weighted by molar-refractivity contribution is 6.01. The molecular formula is C30H47NO7. The van der Waals surface area contributed by atoms with Crippen molar-refractivity contribution < 1.29 is 34.3 Å². The van der Waals surface area contributed by atoms with Crippen molar-refractivity contribution in [3.05, 3.63) is 37.0 Å². The number of hydrogen-bond donors (Lipinski definition) is 2. The molecule has 2 fully saturated rings. The number of nitrogens with zero attached hydrogens (tertiary/aromatic N) is 1. The number of Topliss-reactive ketones (excluding diaryl/α,β-unsaturated/α-hetero) is 1. The lowest BCUT2D eigenvalue weighted by Gasteiger charge is -2.54. The molecule has 0 radical (unpaired) electrons. The summed E-state index contributed by atoms with van der Waals surface area (Å²) >= 11 is 0. The SMILES string of the molecule is C=C.CCC#CC[C@@H]1CCC2=CC(=O)C=C[C@]2(C)N1[C@H](CC(C)(C)[C@@]1(C(C)=O)COC(C)(C)O1)OO.CO. The van der Waals surface area contributed by atoms with E-state index in [-0.39, 0.29) is 24.2 Å². The first-order chi connectivity index (χ1) is 17.8. The minimum atomic E-state index is -1.18. The van der Waals surface area contributed by atoms with Gasteiger partial charge in [-0.05, 0) is 64.7 Å². The van der Waals surface area contributed by atoms with E-state index in [4.69, 9.17) is 19.5 Å².